The number of carbonyl (C=O) groups excluding carboxylic acids is 2. The van der Waals surface area contributed by atoms with E-state index in [-0.39, 0.29) is 30.4 Å². The summed E-state index contributed by atoms with van der Waals surface area (Å²) < 4.78 is 45.5. The van der Waals surface area contributed by atoms with Crippen molar-refractivity contribution < 1.29 is 27.5 Å². The van der Waals surface area contributed by atoms with Crippen molar-refractivity contribution in [2.75, 3.05) is 5.32 Å². The van der Waals surface area contributed by atoms with E-state index in [0.717, 1.165) is 12.1 Å². The van der Waals surface area contributed by atoms with Crippen molar-refractivity contribution in [2.24, 2.45) is 0 Å². The van der Waals surface area contributed by atoms with Gasteiger partial charge in [-0.3, -0.25) is 9.59 Å². The molecule has 35 heavy (non-hydrogen) atoms. The van der Waals surface area contributed by atoms with Crippen LogP contribution in [-0.2, 0) is 21.2 Å². The van der Waals surface area contributed by atoms with Crippen LogP contribution in [-0.4, -0.2) is 11.8 Å². The first kappa shape index (κ1) is 23.7. The van der Waals surface area contributed by atoms with Crippen LogP contribution in [0.3, 0.4) is 0 Å². The van der Waals surface area contributed by atoms with E-state index >= 15 is 0 Å². The first-order valence-electron chi connectivity index (χ1n) is 10.6. The first-order chi connectivity index (χ1) is 16.6. The summed E-state index contributed by atoms with van der Waals surface area (Å²) in [4.78, 5) is 26.0. The summed E-state index contributed by atoms with van der Waals surface area (Å²) in [5.41, 5.74) is -0.129. The standard InChI is InChI=1S/C25H17BrClF3N2O3/c26-14-3-8-20(35-16-5-1-13(2-6-16)25(28,29)30)17(11-14)22-24(10-9-21(33)32-22)18-7-4-15(27)12-19(18)31-23(24)34/h1-8,11-12,22H,9-10H2,(H,31,34)(H,32,33)/t22-,24-/m1/s1. The molecule has 0 aliphatic carbocycles. The molecule has 0 aromatic heterocycles. The van der Waals surface area contributed by atoms with Crippen LogP contribution in [0.4, 0.5) is 18.9 Å². The molecule has 1 fully saturated rings. The van der Waals surface area contributed by atoms with Gasteiger partial charge in [0.25, 0.3) is 0 Å². The van der Waals surface area contributed by atoms with E-state index in [1.165, 1.54) is 12.1 Å². The average Bonchev–Trinajstić information content (AvgIpc) is 3.07. The number of benzene rings is 3. The number of amides is 2. The van der Waals surface area contributed by atoms with Gasteiger partial charge in [0.05, 0.1) is 11.6 Å². The molecule has 0 saturated carbocycles. The Balaban J connectivity index is 1.60. The number of fused-ring (bicyclic) bond motifs is 2. The molecule has 3 aromatic carbocycles. The molecule has 0 unspecified atom stereocenters. The second-order valence-electron chi connectivity index (χ2n) is 8.42. The Morgan fingerprint density at radius 1 is 1.03 bits per heavy atom. The molecule has 10 heteroatoms. The lowest BCUT2D eigenvalue weighted by Gasteiger charge is -2.40. The highest BCUT2D eigenvalue weighted by Gasteiger charge is 2.56. The van der Waals surface area contributed by atoms with Gasteiger partial charge >= 0.3 is 6.18 Å². The normalized spacial score (nSPS) is 21.5. The third-order valence-electron chi connectivity index (χ3n) is 6.35. The minimum absolute atomic E-state index is 0.148. The van der Waals surface area contributed by atoms with Crippen molar-refractivity contribution in [1.82, 2.24) is 5.32 Å². The predicted molar refractivity (Wildman–Crippen MR) is 128 cm³/mol. The Morgan fingerprint density at radius 2 is 1.77 bits per heavy atom. The first-order valence-corrected chi connectivity index (χ1v) is 11.8. The van der Waals surface area contributed by atoms with Crippen LogP contribution >= 0.6 is 27.5 Å². The summed E-state index contributed by atoms with van der Waals surface area (Å²) in [5, 5.41) is 6.30. The summed E-state index contributed by atoms with van der Waals surface area (Å²) in [6.07, 6.45) is -4.06. The minimum Gasteiger partial charge on any atom is -0.457 e. The number of rotatable bonds is 3. The van der Waals surface area contributed by atoms with Gasteiger partial charge in [0.15, 0.2) is 0 Å². The molecule has 1 saturated heterocycles. The molecular weight excluding hydrogens is 549 g/mol. The molecule has 0 bridgehead atoms. The summed E-state index contributed by atoms with van der Waals surface area (Å²) in [6, 6.07) is 13.7. The van der Waals surface area contributed by atoms with Gasteiger partial charge in [-0.15, -0.1) is 0 Å². The Morgan fingerprint density at radius 3 is 2.49 bits per heavy atom. The lowest BCUT2D eigenvalue weighted by Crippen LogP contribution is -2.52. The summed E-state index contributed by atoms with van der Waals surface area (Å²) >= 11 is 9.57. The number of ether oxygens (including phenoxy) is 1. The van der Waals surface area contributed by atoms with Crippen LogP contribution < -0.4 is 15.4 Å². The number of nitrogens with one attached hydrogen (secondary N) is 2. The number of piperidine rings is 1. The fourth-order valence-corrected chi connectivity index (χ4v) is 5.28. The third-order valence-corrected chi connectivity index (χ3v) is 7.08. The van der Waals surface area contributed by atoms with Crippen LogP contribution in [0.25, 0.3) is 0 Å². The maximum absolute atomic E-state index is 13.4. The van der Waals surface area contributed by atoms with E-state index in [4.69, 9.17) is 16.3 Å². The highest BCUT2D eigenvalue weighted by atomic mass is 79.9. The Bertz CT molecular complexity index is 1350. The SMILES string of the molecule is O=C1CC[C@]2(C(=O)Nc3cc(Cl)ccc32)[C@@H](c2cc(Br)ccc2Oc2ccc(C(F)(F)F)cc2)N1. The zero-order valence-electron chi connectivity index (χ0n) is 17.9. The quantitative estimate of drug-likeness (QED) is 0.369. The number of halogens is 5. The molecule has 0 radical (unpaired) electrons. The molecule has 2 heterocycles. The lowest BCUT2D eigenvalue weighted by molar-refractivity contribution is -0.137. The fraction of sp³-hybridized carbons (Fsp3) is 0.200. The van der Waals surface area contributed by atoms with Gasteiger partial charge in [-0.25, -0.2) is 0 Å². The molecule has 2 amide bonds. The smallest absolute Gasteiger partial charge is 0.416 e. The van der Waals surface area contributed by atoms with Gasteiger partial charge < -0.3 is 15.4 Å². The lowest BCUT2D eigenvalue weighted by atomic mass is 9.67. The Kier molecular flexibility index (Phi) is 5.80. The average molecular weight is 566 g/mol. The molecule has 5 nitrogen and oxygen atoms in total. The van der Waals surface area contributed by atoms with Crippen LogP contribution in [0.15, 0.2) is 65.1 Å². The van der Waals surface area contributed by atoms with Crippen molar-refractivity contribution in [3.8, 4) is 11.5 Å². The molecule has 1 spiro atoms. The van der Waals surface area contributed by atoms with Gasteiger partial charge in [-0.2, -0.15) is 13.2 Å². The highest BCUT2D eigenvalue weighted by molar-refractivity contribution is 9.10. The van der Waals surface area contributed by atoms with Gasteiger partial charge in [0, 0.05) is 27.2 Å². The van der Waals surface area contributed by atoms with E-state index in [1.54, 1.807) is 36.4 Å². The zero-order chi connectivity index (χ0) is 25.0. The number of hydrogen-bond donors (Lipinski definition) is 2. The van der Waals surface area contributed by atoms with Crippen molar-refractivity contribution in [3.63, 3.8) is 0 Å². The maximum atomic E-state index is 13.4. The van der Waals surface area contributed by atoms with Crippen molar-refractivity contribution in [3.05, 3.63) is 86.8 Å². The highest BCUT2D eigenvalue weighted by Crippen LogP contribution is 2.53. The second-order valence-corrected chi connectivity index (χ2v) is 9.77. The maximum Gasteiger partial charge on any atom is 0.416 e. The molecule has 2 aliphatic rings. The van der Waals surface area contributed by atoms with E-state index < -0.39 is 23.2 Å². The predicted octanol–water partition coefficient (Wildman–Crippen LogP) is 6.75. The Hall–Kier alpha value is -3.04. The molecule has 2 N–H and O–H groups in total. The third kappa shape index (κ3) is 4.16. The van der Waals surface area contributed by atoms with Gasteiger partial charge in [0.1, 0.15) is 16.9 Å². The molecular formula is C25H17BrClF3N2O3. The number of carbonyl (C=O) groups is 2. The number of hydrogen-bond acceptors (Lipinski definition) is 3. The molecule has 2 aliphatic heterocycles. The van der Waals surface area contributed by atoms with Crippen LogP contribution in [0.2, 0.25) is 5.02 Å². The van der Waals surface area contributed by atoms with E-state index in [0.29, 0.717) is 32.1 Å². The number of alkyl halides is 3. The number of anilines is 1. The molecule has 180 valence electrons. The van der Waals surface area contributed by atoms with Crippen molar-refractivity contribution >= 4 is 45.0 Å². The largest absolute Gasteiger partial charge is 0.457 e. The van der Waals surface area contributed by atoms with Gasteiger partial charge in [-0.05, 0) is 66.6 Å². The van der Waals surface area contributed by atoms with Gasteiger partial charge in [0.2, 0.25) is 11.8 Å². The topological polar surface area (TPSA) is 67.4 Å². The Labute approximate surface area is 211 Å². The van der Waals surface area contributed by atoms with E-state index in [1.807, 2.05) is 0 Å². The zero-order valence-corrected chi connectivity index (χ0v) is 20.2. The van der Waals surface area contributed by atoms with Crippen LogP contribution in [0, 0.1) is 0 Å². The summed E-state index contributed by atoms with van der Waals surface area (Å²) in [7, 11) is 0. The monoisotopic (exact) mass is 564 g/mol. The fourth-order valence-electron chi connectivity index (χ4n) is 4.73. The van der Waals surface area contributed by atoms with Crippen molar-refractivity contribution in [1.29, 1.82) is 0 Å². The molecule has 5 rings (SSSR count). The minimum atomic E-state index is -4.47. The molecule has 3 aromatic rings. The van der Waals surface area contributed by atoms with Crippen LogP contribution in [0.5, 0.6) is 11.5 Å². The second kappa shape index (κ2) is 8.57. The molecule has 2 atom stereocenters. The van der Waals surface area contributed by atoms with Gasteiger partial charge in [-0.1, -0.05) is 33.6 Å². The van der Waals surface area contributed by atoms with E-state index in [9.17, 15) is 22.8 Å². The summed E-state index contributed by atoms with van der Waals surface area (Å²) in [6.45, 7) is 0. The van der Waals surface area contributed by atoms with E-state index in [2.05, 4.69) is 26.6 Å². The van der Waals surface area contributed by atoms with Crippen LogP contribution in [0.1, 0.15) is 35.6 Å². The van der Waals surface area contributed by atoms with Crippen molar-refractivity contribution in [2.45, 2.75) is 30.5 Å². The summed E-state index contributed by atoms with van der Waals surface area (Å²) in [5.74, 6) is -0.0212.